The maximum Gasteiger partial charge on any atom is 0.234 e. The van der Waals surface area contributed by atoms with E-state index in [2.05, 4.69) is 27.4 Å². The molecule has 0 saturated heterocycles. The van der Waals surface area contributed by atoms with Gasteiger partial charge in [-0.1, -0.05) is 55.1 Å². The number of thioether (sulfide) groups is 1. The molecule has 156 valence electrons. The summed E-state index contributed by atoms with van der Waals surface area (Å²) >= 11 is 1.36. The molecule has 2 aromatic carbocycles. The first-order valence-electron chi connectivity index (χ1n) is 10.1. The van der Waals surface area contributed by atoms with E-state index < -0.39 is 0 Å². The van der Waals surface area contributed by atoms with Crippen LogP contribution in [0.25, 0.3) is 17.1 Å². The van der Waals surface area contributed by atoms with E-state index in [9.17, 15) is 4.79 Å². The highest BCUT2D eigenvalue weighted by atomic mass is 32.2. The lowest BCUT2D eigenvalue weighted by molar-refractivity contribution is -0.113. The van der Waals surface area contributed by atoms with Gasteiger partial charge in [0.2, 0.25) is 5.91 Å². The van der Waals surface area contributed by atoms with Crippen molar-refractivity contribution >= 4 is 23.4 Å². The summed E-state index contributed by atoms with van der Waals surface area (Å²) in [5, 5.41) is 12.5. The number of nitrogens with zero attached hydrogens (tertiary/aromatic N) is 4. The molecule has 0 aliphatic heterocycles. The highest BCUT2D eigenvalue weighted by Crippen LogP contribution is 2.28. The number of pyridine rings is 1. The Morgan fingerprint density at radius 2 is 1.87 bits per heavy atom. The number of anilines is 1. The number of aromatic nitrogens is 4. The van der Waals surface area contributed by atoms with E-state index in [4.69, 9.17) is 0 Å². The van der Waals surface area contributed by atoms with E-state index in [1.54, 1.807) is 12.4 Å². The quantitative estimate of drug-likeness (QED) is 0.422. The van der Waals surface area contributed by atoms with Crippen molar-refractivity contribution in [3.05, 3.63) is 84.2 Å². The molecule has 0 fully saturated rings. The summed E-state index contributed by atoms with van der Waals surface area (Å²) in [6.07, 6.45) is 4.35. The number of para-hydroxylation sites is 2. The van der Waals surface area contributed by atoms with Gasteiger partial charge in [-0.25, -0.2) is 0 Å². The molecule has 0 atom stereocenters. The molecule has 4 aromatic rings. The smallest absolute Gasteiger partial charge is 0.234 e. The van der Waals surface area contributed by atoms with Crippen LogP contribution in [0.5, 0.6) is 0 Å². The Hall–Kier alpha value is -3.45. The van der Waals surface area contributed by atoms with Crippen LogP contribution in [0.4, 0.5) is 5.69 Å². The fourth-order valence-electron chi connectivity index (χ4n) is 3.36. The summed E-state index contributed by atoms with van der Waals surface area (Å²) in [6.45, 7) is 4.09. The van der Waals surface area contributed by atoms with E-state index in [1.165, 1.54) is 11.8 Å². The number of carbonyl (C=O) groups excluding carboxylic acids is 1. The van der Waals surface area contributed by atoms with Crippen LogP contribution < -0.4 is 5.32 Å². The number of amides is 1. The van der Waals surface area contributed by atoms with E-state index in [1.807, 2.05) is 72.2 Å². The minimum absolute atomic E-state index is 0.0699. The molecular formula is C24H23N5OS. The van der Waals surface area contributed by atoms with Gasteiger partial charge in [0.05, 0.1) is 5.75 Å². The van der Waals surface area contributed by atoms with Crippen LogP contribution in [0.1, 0.15) is 18.1 Å². The summed E-state index contributed by atoms with van der Waals surface area (Å²) in [5.74, 6) is 0.851. The molecule has 6 nitrogen and oxygen atoms in total. The second-order valence-electron chi connectivity index (χ2n) is 7.02. The largest absolute Gasteiger partial charge is 0.325 e. The summed E-state index contributed by atoms with van der Waals surface area (Å²) < 4.78 is 1.96. The first-order chi connectivity index (χ1) is 15.2. The maximum absolute atomic E-state index is 12.7. The van der Waals surface area contributed by atoms with Crippen molar-refractivity contribution in [3.63, 3.8) is 0 Å². The first kappa shape index (κ1) is 20.8. The van der Waals surface area contributed by atoms with Crippen LogP contribution in [0.2, 0.25) is 0 Å². The minimum Gasteiger partial charge on any atom is -0.325 e. The molecule has 0 spiro atoms. The fraction of sp³-hybridized carbons (Fsp3) is 0.167. The topological polar surface area (TPSA) is 72.7 Å². The normalized spacial score (nSPS) is 10.8. The number of carbonyl (C=O) groups is 1. The van der Waals surface area contributed by atoms with Gasteiger partial charge in [0.25, 0.3) is 0 Å². The molecule has 1 amide bonds. The molecular weight excluding hydrogens is 406 g/mol. The molecule has 7 heteroatoms. The highest BCUT2D eigenvalue weighted by molar-refractivity contribution is 7.99. The van der Waals surface area contributed by atoms with Crippen molar-refractivity contribution in [2.45, 2.75) is 25.4 Å². The molecule has 31 heavy (non-hydrogen) atoms. The Bertz CT molecular complexity index is 1180. The van der Waals surface area contributed by atoms with Crippen molar-refractivity contribution in [3.8, 4) is 17.1 Å². The third-order valence-electron chi connectivity index (χ3n) is 4.90. The Kier molecular flexibility index (Phi) is 6.43. The monoisotopic (exact) mass is 429 g/mol. The third kappa shape index (κ3) is 4.67. The van der Waals surface area contributed by atoms with E-state index >= 15 is 0 Å². The van der Waals surface area contributed by atoms with Gasteiger partial charge in [0.1, 0.15) is 0 Å². The SMILES string of the molecule is CCc1cccc(C)c1NC(=O)CSc1nnc(-c2cccnc2)n1-c1ccccc1. The van der Waals surface area contributed by atoms with Crippen LogP contribution in [-0.4, -0.2) is 31.4 Å². The van der Waals surface area contributed by atoms with E-state index in [0.29, 0.717) is 11.0 Å². The Morgan fingerprint density at radius 3 is 2.61 bits per heavy atom. The second-order valence-corrected chi connectivity index (χ2v) is 7.96. The van der Waals surface area contributed by atoms with Gasteiger partial charge in [-0.15, -0.1) is 10.2 Å². The lowest BCUT2D eigenvalue weighted by Crippen LogP contribution is -2.16. The number of benzene rings is 2. The summed E-state index contributed by atoms with van der Waals surface area (Å²) in [6, 6.07) is 19.8. The summed E-state index contributed by atoms with van der Waals surface area (Å²) in [4.78, 5) is 16.9. The van der Waals surface area contributed by atoms with Gasteiger partial charge < -0.3 is 5.32 Å². The van der Waals surface area contributed by atoms with E-state index in [0.717, 1.165) is 34.5 Å². The zero-order valence-electron chi connectivity index (χ0n) is 17.4. The van der Waals surface area contributed by atoms with Gasteiger partial charge in [0.15, 0.2) is 11.0 Å². The molecule has 0 aliphatic carbocycles. The molecule has 0 unspecified atom stereocenters. The predicted octanol–water partition coefficient (Wildman–Crippen LogP) is 4.93. The van der Waals surface area contributed by atoms with Gasteiger partial charge in [-0.05, 0) is 48.7 Å². The third-order valence-corrected chi connectivity index (χ3v) is 5.83. The fourth-order valence-corrected chi connectivity index (χ4v) is 4.11. The number of rotatable bonds is 7. The molecule has 2 aromatic heterocycles. The van der Waals surface area contributed by atoms with Crippen LogP contribution in [-0.2, 0) is 11.2 Å². The zero-order chi connectivity index (χ0) is 21.6. The van der Waals surface area contributed by atoms with Gasteiger partial charge in [-0.3, -0.25) is 14.3 Å². The molecule has 0 saturated carbocycles. The van der Waals surface area contributed by atoms with E-state index in [-0.39, 0.29) is 11.7 Å². The van der Waals surface area contributed by atoms with Crippen molar-refractivity contribution in [2.24, 2.45) is 0 Å². The van der Waals surface area contributed by atoms with Crippen LogP contribution >= 0.6 is 11.8 Å². The average molecular weight is 430 g/mol. The average Bonchev–Trinajstić information content (AvgIpc) is 3.24. The van der Waals surface area contributed by atoms with Crippen LogP contribution in [0, 0.1) is 6.92 Å². The highest BCUT2D eigenvalue weighted by Gasteiger charge is 2.18. The molecule has 1 N–H and O–H groups in total. The standard InChI is InChI=1S/C24H23N5OS/c1-3-18-10-7-9-17(2)22(18)26-21(30)16-31-24-28-27-23(19-11-8-14-25-15-19)29(24)20-12-5-4-6-13-20/h4-15H,3,16H2,1-2H3,(H,26,30). The Morgan fingerprint density at radius 1 is 1.03 bits per heavy atom. The lowest BCUT2D eigenvalue weighted by atomic mass is 10.1. The number of hydrogen-bond donors (Lipinski definition) is 1. The van der Waals surface area contributed by atoms with Crippen LogP contribution in [0.3, 0.4) is 0 Å². The molecule has 0 radical (unpaired) electrons. The van der Waals surface area contributed by atoms with Crippen molar-refractivity contribution < 1.29 is 4.79 Å². The predicted molar refractivity (Wildman–Crippen MR) is 125 cm³/mol. The van der Waals surface area contributed by atoms with Crippen molar-refractivity contribution in [2.75, 3.05) is 11.1 Å². The molecule has 0 bridgehead atoms. The van der Waals surface area contributed by atoms with Gasteiger partial charge in [-0.2, -0.15) is 0 Å². The van der Waals surface area contributed by atoms with Crippen molar-refractivity contribution in [1.82, 2.24) is 19.7 Å². The minimum atomic E-state index is -0.0699. The lowest BCUT2D eigenvalue weighted by Gasteiger charge is -2.13. The maximum atomic E-state index is 12.7. The van der Waals surface area contributed by atoms with Crippen molar-refractivity contribution in [1.29, 1.82) is 0 Å². The first-order valence-corrected chi connectivity index (χ1v) is 11.1. The summed E-state index contributed by atoms with van der Waals surface area (Å²) in [5.41, 5.74) is 4.88. The Labute approximate surface area is 185 Å². The zero-order valence-corrected chi connectivity index (χ0v) is 18.3. The van der Waals surface area contributed by atoms with Crippen LogP contribution in [0.15, 0.2) is 78.2 Å². The Balaban J connectivity index is 1.58. The molecule has 2 heterocycles. The number of nitrogens with one attached hydrogen (secondary N) is 1. The summed E-state index contributed by atoms with van der Waals surface area (Å²) in [7, 11) is 0. The molecule has 4 rings (SSSR count). The van der Waals surface area contributed by atoms with Gasteiger partial charge in [0, 0.05) is 29.3 Å². The number of hydrogen-bond acceptors (Lipinski definition) is 5. The van der Waals surface area contributed by atoms with Gasteiger partial charge >= 0.3 is 0 Å². The molecule has 0 aliphatic rings. The second kappa shape index (κ2) is 9.57. The number of aryl methyl sites for hydroxylation is 2.